The molecule has 1 aliphatic heterocycles. The van der Waals surface area contributed by atoms with Crippen molar-refractivity contribution in [1.82, 2.24) is 4.90 Å². The van der Waals surface area contributed by atoms with Gasteiger partial charge in [0.15, 0.2) is 0 Å². The van der Waals surface area contributed by atoms with Crippen molar-refractivity contribution in [3.05, 3.63) is 94.8 Å². The van der Waals surface area contributed by atoms with Gasteiger partial charge in [-0.05, 0) is 35.4 Å². The number of hydrogen-bond donors (Lipinski definition) is 1. The van der Waals surface area contributed by atoms with Crippen molar-refractivity contribution in [2.45, 2.75) is 12.6 Å². The molecule has 0 saturated carbocycles. The Hall–Kier alpha value is -2.56. The molecule has 4 rings (SSSR count). The van der Waals surface area contributed by atoms with E-state index in [1.54, 1.807) is 12.1 Å². The quantitative estimate of drug-likeness (QED) is 0.652. The zero-order valence-corrected chi connectivity index (χ0v) is 16.2. The number of benzene rings is 3. The Bertz CT molecular complexity index is 933. The van der Waals surface area contributed by atoms with Gasteiger partial charge in [-0.3, -0.25) is 4.90 Å². The molecule has 0 bridgehead atoms. The molecule has 0 spiro atoms. The fraction of sp³-hybridized carbons (Fsp3) is 0.217. The van der Waals surface area contributed by atoms with Crippen LogP contribution in [0.2, 0.25) is 5.02 Å². The summed E-state index contributed by atoms with van der Waals surface area (Å²) >= 11 is 6.43. The number of piperazine rings is 1. The van der Waals surface area contributed by atoms with Gasteiger partial charge in [0, 0.05) is 32.2 Å². The number of hydrogen-bond acceptors (Lipinski definition) is 3. The SMILES string of the molecule is Oc1ccc(N2CCN(Cc3ccccc3)CC2c2ccc(F)cc2)c(Cl)c1. The summed E-state index contributed by atoms with van der Waals surface area (Å²) in [7, 11) is 0. The molecule has 1 heterocycles. The van der Waals surface area contributed by atoms with E-state index in [9.17, 15) is 9.50 Å². The number of nitrogens with zero attached hydrogens (tertiary/aromatic N) is 2. The Morgan fingerprint density at radius 3 is 2.43 bits per heavy atom. The van der Waals surface area contributed by atoms with Crippen molar-refractivity contribution < 1.29 is 9.50 Å². The van der Waals surface area contributed by atoms with Gasteiger partial charge >= 0.3 is 0 Å². The third-order valence-corrected chi connectivity index (χ3v) is 5.51. The van der Waals surface area contributed by atoms with Gasteiger partial charge in [0.25, 0.3) is 0 Å². The third kappa shape index (κ3) is 4.13. The lowest BCUT2D eigenvalue weighted by atomic mass is 10.0. The average Bonchev–Trinajstić information content (AvgIpc) is 2.70. The van der Waals surface area contributed by atoms with E-state index in [2.05, 4.69) is 34.1 Å². The van der Waals surface area contributed by atoms with Crippen molar-refractivity contribution in [1.29, 1.82) is 0 Å². The van der Waals surface area contributed by atoms with Crippen LogP contribution in [0, 0.1) is 5.82 Å². The second-order valence-corrected chi connectivity index (χ2v) is 7.52. The van der Waals surface area contributed by atoms with Crippen molar-refractivity contribution in [2.75, 3.05) is 24.5 Å². The summed E-state index contributed by atoms with van der Waals surface area (Å²) in [6, 6.07) is 22.2. The summed E-state index contributed by atoms with van der Waals surface area (Å²) in [5.74, 6) is -0.0929. The molecular weight excluding hydrogens is 375 g/mol. The highest BCUT2D eigenvalue weighted by Crippen LogP contribution is 2.37. The van der Waals surface area contributed by atoms with Crippen LogP contribution in [0.3, 0.4) is 0 Å². The Labute approximate surface area is 169 Å². The maximum absolute atomic E-state index is 13.5. The summed E-state index contributed by atoms with van der Waals surface area (Å²) in [5, 5.41) is 10.2. The molecule has 1 saturated heterocycles. The van der Waals surface area contributed by atoms with Gasteiger partial charge in [0.2, 0.25) is 0 Å². The number of phenols is 1. The molecule has 0 aliphatic carbocycles. The number of phenolic OH excluding ortho intramolecular Hbond substituents is 1. The predicted octanol–water partition coefficient (Wildman–Crippen LogP) is 5.25. The third-order valence-electron chi connectivity index (χ3n) is 5.21. The van der Waals surface area contributed by atoms with Crippen LogP contribution in [0.15, 0.2) is 72.8 Å². The lowest BCUT2D eigenvalue weighted by molar-refractivity contribution is 0.215. The molecule has 0 aromatic heterocycles. The summed E-state index contributed by atoms with van der Waals surface area (Å²) in [5.41, 5.74) is 3.20. The minimum atomic E-state index is -0.241. The highest BCUT2D eigenvalue weighted by molar-refractivity contribution is 6.33. The molecule has 3 aromatic rings. The Morgan fingerprint density at radius 2 is 1.71 bits per heavy atom. The predicted molar refractivity (Wildman–Crippen MR) is 111 cm³/mol. The van der Waals surface area contributed by atoms with Crippen LogP contribution in [-0.4, -0.2) is 29.6 Å². The number of halogens is 2. The monoisotopic (exact) mass is 396 g/mol. The largest absolute Gasteiger partial charge is 0.508 e. The van der Waals surface area contributed by atoms with Crippen molar-refractivity contribution in [2.24, 2.45) is 0 Å². The summed E-state index contributed by atoms with van der Waals surface area (Å²) in [6.45, 7) is 3.36. The molecule has 5 heteroatoms. The van der Waals surface area contributed by atoms with Gasteiger partial charge < -0.3 is 10.0 Å². The van der Waals surface area contributed by atoms with E-state index in [0.29, 0.717) is 5.02 Å². The zero-order valence-electron chi connectivity index (χ0n) is 15.4. The minimum Gasteiger partial charge on any atom is -0.508 e. The molecule has 0 amide bonds. The van der Waals surface area contributed by atoms with E-state index in [0.717, 1.165) is 37.4 Å². The lowest BCUT2D eigenvalue weighted by Gasteiger charge is -2.43. The maximum atomic E-state index is 13.5. The minimum absolute atomic E-state index is 0.0418. The lowest BCUT2D eigenvalue weighted by Crippen LogP contribution is -2.48. The zero-order chi connectivity index (χ0) is 19.5. The van der Waals surface area contributed by atoms with Crippen molar-refractivity contribution in [3.8, 4) is 5.75 Å². The van der Waals surface area contributed by atoms with Crippen LogP contribution in [0.4, 0.5) is 10.1 Å². The van der Waals surface area contributed by atoms with Gasteiger partial charge in [0.05, 0.1) is 16.8 Å². The molecular formula is C23H22ClFN2O. The number of anilines is 1. The molecule has 1 unspecified atom stereocenters. The van der Waals surface area contributed by atoms with Crippen LogP contribution >= 0.6 is 11.6 Å². The molecule has 0 radical (unpaired) electrons. The van der Waals surface area contributed by atoms with Gasteiger partial charge in [-0.25, -0.2) is 4.39 Å². The van der Waals surface area contributed by atoms with Crippen LogP contribution in [-0.2, 0) is 6.54 Å². The van der Waals surface area contributed by atoms with Crippen LogP contribution < -0.4 is 4.90 Å². The molecule has 144 valence electrons. The average molecular weight is 397 g/mol. The first-order valence-electron chi connectivity index (χ1n) is 9.37. The normalized spacial score (nSPS) is 17.6. The number of aromatic hydroxyl groups is 1. The van der Waals surface area contributed by atoms with Gasteiger partial charge in [-0.15, -0.1) is 0 Å². The first-order chi connectivity index (χ1) is 13.6. The molecule has 28 heavy (non-hydrogen) atoms. The van der Waals surface area contributed by atoms with Crippen molar-refractivity contribution >= 4 is 17.3 Å². The topological polar surface area (TPSA) is 26.7 Å². The maximum Gasteiger partial charge on any atom is 0.123 e. The van der Waals surface area contributed by atoms with Crippen LogP contribution in [0.1, 0.15) is 17.2 Å². The molecule has 1 aliphatic rings. The number of rotatable bonds is 4. The van der Waals surface area contributed by atoms with Crippen molar-refractivity contribution in [3.63, 3.8) is 0 Å². The fourth-order valence-electron chi connectivity index (χ4n) is 3.81. The first kappa shape index (κ1) is 18.8. The van der Waals surface area contributed by atoms with Crippen LogP contribution in [0.25, 0.3) is 0 Å². The second kappa shape index (κ2) is 8.21. The van der Waals surface area contributed by atoms with E-state index in [-0.39, 0.29) is 17.6 Å². The molecule has 1 atom stereocenters. The standard InChI is InChI=1S/C23H22ClFN2O/c24-21-14-20(28)10-11-22(21)27-13-12-26(15-17-4-2-1-3-5-17)16-23(27)18-6-8-19(25)9-7-18/h1-11,14,23,28H,12-13,15-16H2. The first-order valence-corrected chi connectivity index (χ1v) is 9.75. The molecule has 3 nitrogen and oxygen atoms in total. The smallest absolute Gasteiger partial charge is 0.123 e. The Kier molecular flexibility index (Phi) is 5.51. The molecule has 1 N–H and O–H groups in total. The Balaban J connectivity index is 1.63. The summed E-state index contributed by atoms with van der Waals surface area (Å²) in [4.78, 5) is 4.66. The Morgan fingerprint density at radius 1 is 0.964 bits per heavy atom. The molecule has 3 aromatic carbocycles. The highest BCUT2D eigenvalue weighted by Gasteiger charge is 2.29. The van der Waals surface area contributed by atoms with E-state index in [1.165, 1.54) is 17.7 Å². The van der Waals surface area contributed by atoms with E-state index in [4.69, 9.17) is 11.6 Å². The van der Waals surface area contributed by atoms with E-state index >= 15 is 0 Å². The second-order valence-electron chi connectivity index (χ2n) is 7.12. The summed E-state index contributed by atoms with van der Waals surface area (Å²) < 4.78 is 13.5. The van der Waals surface area contributed by atoms with E-state index < -0.39 is 0 Å². The molecule has 1 fully saturated rings. The summed E-state index contributed by atoms with van der Waals surface area (Å²) in [6.07, 6.45) is 0. The van der Waals surface area contributed by atoms with Gasteiger partial charge in [0.1, 0.15) is 11.6 Å². The van der Waals surface area contributed by atoms with Gasteiger partial charge in [-0.1, -0.05) is 54.1 Å². The fourth-order valence-corrected chi connectivity index (χ4v) is 4.10. The van der Waals surface area contributed by atoms with Gasteiger partial charge in [-0.2, -0.15) is 0 Å². The highest BCUT2D eigenvalue weighted by atomic mass is 35.5. The van der Waals surface area contributed by atoms with E-state index in [1.807, 2.05) is 24.3 Å². The van der Waals surface area contributed by atoms with Crippen LogP contribution in [0.5, 0.6) is 5.75 Å².